The summed E-state index contributed by atoms with van der Waals surface area (Å²) in [5.74, 6) is -0.298. The van der Waals surface area contributed by atoms with Crippen molar-refractivity contribution >= 4 is 40.4 Å². The molecule has 0 unspecified atom stereocenters. The molecule has 4 N–H and O–H groups in total. The van der Waals surface area contributed by atoms with E-state index in [1.54, 1.807) is 25.1 Å². The van der Waals surface area contributed by atoms with E-state index in [2.05, 4.69) is 15.5 Å². The van der Waals surface area contributed by atoms with Gasteiger partial charge < -0.3 is 11.1 Å². The number of carbonyl (C=O) groups is 1. The first-order chi connectivity index (χ1) is 8.99. The van der Waals surface area contributed by atoms with Gasteiger partial charge in [0.25, 0.3) is 5.91 Å². The average Bonchev–Trinajstić information content (AvgIpc) is 2.78. The summed E-state index contributed by atoms with van der Waals surface area (Å²) in [5.41, 5.74) is 7.77. The van der Waals surface area contributed by atoms with Crippen molar-refractivity contribution in [2.75, 3.05) is 5.32 Å². The maximum absolute atomic E-state index is 12.0. The van der Waals surface area contributed by atoms with Gasteiger partial charge in [-0.3, -0.25) is 9.89 Å². The number of nitrogens with zero attached hydrogens (tertiary/aromatic N) is 1. The van der Waals surface area contributed by atoms with Crippen LogP contribution in [-0.2, 0) is 0 Å². The first-order valence-electron chi connectivity index (χ1n) is 5.39. The molecule has 0 saturated carbocycles. The number of thiocarbonyl (C=S) groups is 1. The highest BCUT2D eigenvalue weighted by Gasteiger charge is 2.13. The van der Waals surface area contributed by atoms with Crippen LogP contribution in [-0.4, -0.2) is 21.1 Å². The second-order valence-corrected chi connectivity index (χ2v) is 4.77. The lowest BCUT2D eigenvalue weighted by molar-refractivity contribution is 0.102. The minimum atomic E-state index is -0.298. The van der Waals surface area contributed by atoms with Gasteiger partial charge in [-0.25, -0.2) is 0 Å². The molecule has 5 nitrogen and oxygen atoms in total. The highest BCUT2D eigenvalue weighted by Crippen LogP contribution is 2.24. The van der Waals surface area contributed by atoms with E-state index < -0.39 is 0 Å². The molecule has 7 heteroatoms. The number of rotatable bonds is 3. The van der Waals surface area contributed by atoms with Crippen LogP contribution in [0.2, 0.25) is 5.02 Å². The Hall–Kier alpha value is -1.92. The van der Waals surface area contributed by atoms with Gasteiger partial charge in [0.05, 0.1) is 22.5 Å². The third-order valence-electron chi connectivity index (χ3n) is 2.57. The first-order valence-corrected chi connectivity index (χ1v) is 6.18. The van der Waals surface area contributed by atoms with E-state index in [1.165, 1.54) is 6.20 Å². The lowest BCUT2D eigenvalue weighted by atomic mass is 10.2. The number of anilines is 1. The molecule has 1 aromatic heterocycles. The Labute approximate surface area is 120 Å². The minimum absolute atomic E-state index is 0.242. The van der Waals surface area contributed by atoms with Crippen LogP contribution < -0.4 is 11.1 Å². The number of benzene rings is 1. The van der Waals surface area contributed by atoms with Crippen LogP contribution >= 0.6 is 23.8 Å². The Kier molecular flexibility index (Phi) is 3.82. The zero-order chi connectivity index (χ0) is 14.0. The van der Waals surface area contributed by atoms with Crippen molar-refractivity contribution < 1.29 is 4.79 Å². The summed E-state index contributed by atoms with van der Waals surface area (Å²) < 4.78 is 0. The zero-order valence-electron chi connectivity index (χ0n) is 10.0. The van der Waals surface area contributed by atoms with E-state index in [4.69, 9.17) is 29.6 Å². The number of halogens is 1. The molecule has 0 atom stereocenters. The van der Waals surface area contributed by atoms with E-state index in [0.717, 1.165) is 0 Å². The number of nitrogens with one attached hydrogen (secondary N) is 2. The largest absolute Gasteiger partial charge is 0.389 e. The number of hydrogen-bond donors (Lipinski definition) is 3. The van der Waals surface area contributed by atoms with Crippen LogP contribution in [0.15, 0.2) is 24.4 Å². The molecule has 0 saturated heterocycles. The lowest BCUT2D eigenvalue weighted by Gasteiger charge is -2.08. The summed E-state index contributed by atoms with van der Waals surface area (Å²) in [4.78, 5) is 12.3. The maximum Gasteiger partial charge on any atom is 0.259 e. The molecule has 0 aliphatic rings. The van der Waals surface area contributed by atoms with Gasteiger partial charge in [-0.2, -0.15) is 5.10 Å². The minimum Gasteiger partial charge on any atom is -0.389 e. The summed E-state index contributed by atoms with van der Waals surface area (Å²) in [5, 5.41) is 9.60. The van der Waals surface area contributed by atoms with Crippen LogP contribution in [0, 0.1) is 6.92 Å². The molecule has 0 aliphatic heterocycles. The van der Waals surface area contributed by atoms with Crippen LogP contribution in [0.3, 0.4) is 0 Å². The van der Waals surface area contributed by atoms with E-state index >= 15 is 0 Å². The lowest BCUT2D eigenvalue weighted by Crippen LogP contribution is -2.14. The molecule has 0 aliphatic carbocycles. The number of H-pyrrole nitrogens is 1. The summed E-state index contributed by atoms with van der Waals surface area (Å²) >= 11 is 10.9. The fourth-order valence-electron chi connectivity index (χ4n) is 1.54. The molecule has 19 heavy (non-hydrogen) atoms. The maximum atomic E-state index is 12.0. The molecule has 0 spiro atoms. The topological polar surface area (TPSA) is 83.8 Å². The Morgan fingerprint density at radius 1 is 1.53 bits per heavy atom. The van der Waals surface area contributed by atoms with Crippen molar-refractivity contribution in [2.45, 2.75) is 6.92 Å². The van der Waals surface area contributed by atoms with Gasteiger partial charge in [0.1, 0.15) is 4.99 Å². The van der Waals surface area contributed by atoms with Crippen molar-refractivity contribution in [3.63, 3.8) is 0 Å². The molecule has 2 rings (SSSR count). The molecule has 0 fully saturated rings. The SMILES string of the molecule is Cc1[nH]ncc1C(=O)Nc1cc(C(N)=S)ccc1Cl. The van der Waals surface area contributed by atoms with Crippen molar-refractivity contribution in [3.8, 4) is 0 Å². The molecule has 1 heterocycles. The average molecular weight is 295 g/mol. The summed E-state index contributed by atoms with van der Waals surface area (Å²) in [6.45, 7) is 1.76. The van der Waals surface area contributed by atoms with Gasteiger partial charge in [0.15, 0.2) is 0 Å². The monoisotopic (exact) mass is 294 g/mol. The molecule has 1 aromatic carbocycles. The number of aromatic nitrogens is 2. The van der Waals surface area contributed by atoms with Gasteiger partial charge in [-0.05, 0) is 19.1 Å². The number of carbonyl (C=O) groups excluding carboxylic acids is 1. The van der Waals surface area contributed by atoms with E-state index in [0.29, 0.717) is 27.5 Å². The molecule has 2 aromatic rings. The van der Waals surface area contributed by atoms with E-state index in [1.807, 2.05) is 0 Å². The van der Waals surface area contributed by atoms with Gasteiger partial charge in [0.2, 0.25) is 0 Å². The molecule has 0 bridgehead atoms. The molecule has 98 valence electrons. The predicted octanol–water partition coefficient (Wildman–Crippen LogP) is 2.26. The van der Waals surface area contributed by atoms with Gasteiger partial charge in [-0.15, -0.1) is 0 Å². The van der Waals surface area contributed by atoms with Crippen LogP contribution in [0.1, 0.15) is 21.6 Å². The Bertz CT molecular complexity index is 653. The van der Waals surface area contributed by atoms with Gasteiger partial charge in [-0.1, -0.05) is 29.9 Å². The Balaban J connectivity index is 2.28. The summed E-state index contributed by atoms with van der Waals surface area (Å²) in [6.07, 6.45) is 1.45. The van der Waals surface area contributed by atoms with Gasteiger partial charge in [0, 0.05) is 11.3 Å². The quantitative estimate of drug-likeness (QED) is 0.758. The van der Waals surface area contributed by atoms with Crippen LogP contribution in [0.4, 0.5) is 5.69 Å². The van der Waals surface area contributed by atoms with Gasteiger partial charge >= 0.3 is 0 Å². The summed E-state index contributed by atoms with van der Waals surface area (Å²) in [7, 11) is 0. The smallest absolute Gasteiger partial charge is 0.259 e. The Morgan fingerprint density at radius 3 is 2.84 bits per heavy atom. The molecule has 1 amide bonds. The predicted molar refractivity (Wildman–Crippen MR) is 78.6 cm³/mol. The van der Waals surface area contributed by atoms with E-state index in [-0.39, 0.29) is 10.9 Å². The van der Waals surface area contributed by atoms with Crippen molar-refractivity contribution in [1.29, 1.82) is 0 Å². The highest BCUT2D eigenvalue weighted by molar-refractivity contribution is 7.80. The third-order valence-corrected chi connectivity index (χ3v) is 3.14. The normalized spacial score (nSPS) is 10.2. The molecular weight excluding hydrogens is 284 g/mol. The number of aromatic amines is 1. The fraction of sp³-hybridized carbons (Fsp3) is 0.0833. The van der Waals surface area contributed by atoms with Crippen molar-refractivity contribution in [2.24, 2.45) is 5.73 Å². The second kappa shape index (κ2) is 5.38. The number of aryl methyl sites for hydroxylation is 1. The second-order valence-electron chi connectivity index (χ2n) is 3.92. The van der Waals surface area contributed by atoms with Crippen LogP contribution in [0.25, 0.3) is 0 Å². The highest BCUT2D eigenvalue weighted by atomic mass is 35.5. The van der Waals surface area contributed by atoms with Crippen molar-refractivity contribution in [1.82, 2.24) is 10.2 Å². The Morgan fingerprint density at radius 2 is 2.26 bits per heavy atom. The fourth-order valence-corrected chi connectivity index (χ4v) is 1.84. The molecule has 0 radical (unpaired) electrons. The van der Waals surface area contributed by atoms with E-state index in [9.17, 15) is 4.79 Å². The molecular formula is C12H11ClN4OS. The van der Waals surface area contributed by atoms with Crippen molar-refractivity contribution in [3.05, 3.63) is 46.2 Å². The number of hydrogen-bond acceptors (Lipinski definition) is 3. The zero-order valence-corrected chi connectivity index (χ0v) is 11.6. The standard InChI is InChI=1S/C12H11ClN4OS/c1-6-8(5-15-17-6)12(18)16-10-4-7(11(14)19)2-3-9(10)13/h2-5H,1H3,(H2,14,19)(H,15,17)(H,16,18). The third kappa shape index (κ3) is 2.91. The van der Waals surface area contributed by atoms with Crippen LogP contribution in [0.5, 0.6) is 0 Å². The summed E-state index contributed by atoms with van der Waals surface area (Å²) in [6, 6.07) is 4.97. The number of amides is 1. The number of nitrogens with two attached hydrogens (primary N) is 1. The first kappa shape index (κ1) is 13.5.